The highest BCUT2D eigenvalue weighted by Crippen LogP contribution is 2.13. The van der Waals surface area contributed by atoms with Gasteiger partial charge in [0.05, 0.1) is 0 Å². The minimum Gasteiger partial charge on any atom is -0.356 e. The van der Waals surface area contributed by atoms with Crippen LogP contribution in [0, 0.1) is 5.92 Å². The largest absolute Gasteiger partial charge is 0.356 e. The van der Waals surface area contributed by atoms with Crippen LogP contribution in [0.25, 0.3) is 0 Å². The van der Waals surface area contributed by atoms with Gasteiger partial charge in [0, 0.05) is 6.04 Å². The summed E-state index contributed by atoms with van der Waals surface area (Å²) in [6.07, 6.45) is 4.19. The topological polar surface area (TPSA) is 29.1 Å². The summed E-state index contributed by atoms with van der Waals surface area (Å²) in [6, 6.07) is 0.280. The van der Waals surface area contributed by atoms with Gasteiger partial charge in [-0.05, 0) is 39.0 Å². The Balaban J connectivity index is 3.54. The monoisotopic (exact) mass is 183 g/mol. The van der Waals surface area contributed by atoms with Crippen molar-refractivity contribution in [3.8, 4) is 0 Å². The second-order valence-corrected chi connectivity index (χ2v) is 3.90. The fourth-order valence-corrected chi connectivity index (χ4v) is 1.25. The summed E-state index contributed by atoms with van der Waals surface area (Å²) >= 11 is 0. The molecule has 0 aromatic carbocycles. The Morgan fingerprint density at radius 2 is 2.15 bits per heavy atom. The zero-order valence-corrected chi connectivity index (χ0v) is 8.97. The van der Waals surface area contributed by atoms with E-state index in [1.807, 2.05) is 6.92 Å². The molecule has 2 unspecified atom stereocenters. The second kappa shape index (κ2) is 6.70. The average Bonchev–Trinajstić information content (AvgIpc) is 2.04. The highest BCUT2D eigenvalue weighted by molar-refractivity contribution is 5.46. The quantitative estimate of drug-likeness (QED) is 0.477. The van der Waals surface area contributed by atoms with Gasteiger partial charge in [0.2, 0.25) is 6.41 Å². The lowest BCUT2D eigenvalue weighted by molar-refractivity contribution is -0.110. The van der Waals surface area contributed by atoms with Gasteiger partial charge in [-0.1, -0.05) is 12.5 Å². The molecule has 0 aliphatic carbocycles. The van der Waals surface area contributed by atoms with Crippen molar-refractivity contribution in [2.24, 2.45) is 5.92 Å². The zero-order chi connectivity index (χ0) is 10.3. The Hall–Kier alpha value is -0.790. The van der Waals surface area contributed by atoms with Crippen LogP contribution in [0.5, 0.6) is 0 Å². The molecule has 0 bridgehead atoms. The maximum absolute atomic E-state index is 10.2. The molecule has 0 radical (unpaired) electrons. The molecular weight excluding hydrogens is 162 g/mol. The van der Waals surface area contributed by atoms with E-state index in [0.29, 0.717) is 5.92 Å². The number of hydrogen-bond acceptors (Lipinski definition) is 1. The van der Waals surface area contributed by atoms with Crippen molar-refractivity contribution in [2.45, 2.75) is 46.1 Å². The van der Waals surface area contributed by atoms with E-state index in [2.05, 4.69) is 25.7 Å². The SMILES string of the molecule is C=C(C)CCCC(C)C(C)NC=O. The molecule has 1 N–H and O–H groups in total. The summed E-state index contributed by atoms with van der Waals surface area (Å²) in [5, 5.41) is 2.78. The first-order valence-corrected chi connectivity index (χ1v) is 4.92. The number of rotatable bonds is 7. The van der Waals surface area contributed by atoms with Gasteiger partial charge in [-0.15, -0.1) is 6.58 Å². The van der Waals surface area contributed by atoms with Crippen LogP contribution in [0.3, 0.4) is 0 Å². The lowest BCUT2D eigenvalue weighted by Crippen LogP contribution is -2.30. The standard InChI is InChI=1S/C11H21NO/c1-9(2)6-5-7-10(3)11(4)12-8-13/h8,10-11H,1,5-7H2,2-4H3,(H,12,13). The molecule has 76 valence electrons. The van der Waals surface area contributed by atoms with Crippen molar-refractivity contribution in [2.75, 3.05) is 0 Å². The maximum Gasteiger partial charge on any atom is 0.207 e. The highest BCUT2D eigenvalue weighted by Gasteiger charge is 2.09. The molecule has 13 heavy (non-hydrogen) atoms. The normalized spacial score (nSPS) is 14.7. The minimum absolute atomic E-state index is 0.280. The van der Waals surface area contributed by atoms with Crippen LogP contribution in [-0.4, -0.2) is 12.5 Å². The number of allylic oxidation sites excluding steroid dienone is 1. The van der Waals surface area contributed by atoms with Crippen LogP contribution in [0.2, 0.25) is 0 Å². The van der Waals surface area contributed by atoms with E-state index in [9.17, 15) is 4.79 Å². The summed E-state index contributed by atoms with van der Waals surface area (Å²) in [5.41, 5.74) is 1.24. The Morgan fingerprint density at radius 1 is 1.54 bits per heavy atom. The first-order valence-electron chi connectivity index (χ1n) is 4.92. The molecule has 0 aromatic rings. The van der Waals surface area contributed by atoms with E-state index in [0.717, 1.165) is 19.3 Å². The lowest BCUT2D eigenvalue weighted by Gasteiger charge is -2.18. The van der Waals surface area contributed by atoms with Crippen LogP contribution in [0.4, 0.5) is 0 Å². The minimum atomic E-state index is 0.280. The van der Waals surface area contributed by atoms with Crippen molar-refractivity contribution < 1.29 is 4.79 Å². The van der Waals surface area contributed by atoms with Crippen molar-refractivity contribution >= 4 is 6.41 Å². The van der Waals surface area contributed by atoms with Gasteiger partial charge in [-0.2, -0.15) is 0 Å². The van der Waals surface area contributed by atoms with E-state index in [1.165, 1.54) is 12.0 Å². The number of carbonyl (C=O) groups excluding carboxylic acids is 1. The van der Waals surface area contributed by atoms with Gasteiger partial charge >= 0.3 is 0 Å². The second-order valence-electron chi connectivity index (χ2n) is 3.90. The Labute approximate surface area is 81.4 Å². The molecular formula is C11H21NO. The third-order valence-corrected chi connectivity index (χ3v) is 2.45. The Morgan fingerprint density at radius 3 is 2.62 bits per heavy atom. The van der Waals surface area contributed by atoms with Crippen molar-refractivity contribution in [3.05, 3.63) is 12.2 Å². The number of hydrogen-bond donors (Lipinski definition) is 1. The molecule has 0 saturated carbocycles. The summed E-state index contributed by atoms with van der Waals surface area (Å²) < 4.78 is 0. The molecule has 2 atom stereocenters. The molecule has 2 heteroatoms. The van der Waals surface area contributed by atoms with Gasteiger partial charge in [0.25, 0.3) is 0 Å². The van der Waals surface area contributed by atoms with Crippen molar-refractivity contribution in [1.29, 1.82) is 0 Å². The molecule has 0 aromatic heterocycles. The Bertz CT molecular complexity index is 165. The summed E-state index contributed by atoms with van der Waals surface area (Å²) in [7, 11) is 0. The number of carbonyl (C=O) groups is 1. The van der Waals surface area contributed by atoms with Crippen LogP contribution in [0.1, 0.15) is 40.0 Å². The summed E-state index contributed by atoms with van der Waals surface area (Å²) in [6.45, 7) is 10.1. The van der Waals surface area contributed by atoms with Crippen LogP contribution in [0.15, 0.2) is 12.2 Å². The molecule has 0 heterocycles. The van der Waals surface area contributed by atoms with Gasteiger partial charge in [0.1, 0.15) is 0 Å². The molecule has 0 aliphatic rings. The smallest absolute Gasteiger partial charge is 0.207 e. The fourth-order valence-electron chi connectivity index (χ4n) is 1.25. The van der Waals surface area contributed by atoms with Gasteiger partial charge in [0.15, 0.2) is 0 Å². The molecule has 0 rings (SSSR count). The third kappa shape index (κ3) is 6.38. The molecule has 0 spiro atoms. The molecule has 2 nitrogen and oxygen atoms in total. The Kier molecular flexibility index (Phi) is 6.29. The van der Waals surface area contributed by atoms with E-state index < -0.39 is 0 Å². The van der Waals surface area contributed by atoms with Crippen molar-refractivity contribution in [1.82, 2.24) is 5.32 Å². The first-order chi connectivity index (χ1) is 6.07. The van der Waals surface area contributed by atoms with Crippen LogP contribution >= 0.6 is 0 Å². The molecule has 0 aliphatic heterocycles. The predicted molar refractivity (Wildman–Crippen MR) is 56.5 cm³/mol. The first kappa shape index (κ1) is 12.2. The van der Waals surface area contributed by atoms with E-state index in [4.69, 9.17) is 0 Å². The predicted octanol–water partition coefficient (Wildman–Crippen LogP) is 2.50. The summed E-state index contributed by atoms with van der Waals surface area (Å²) in [4.78, 5) is 10.2. The zero-order valence-electron chi connectivity index (χ0n) is 8.97. The highest BCUT2D eigenvalue weighted by atomic mass is 16.1. The fraction of sp³-hybridized carbons (Fsp3) is 0.727. The molecule has 1 amide bonds. The third-order valence-electron chi connectivity index (χ3n) is 2.45. The number of amides is 1. The van der Waals surface area contributed by atoms with Crippen molar-refractivity contribution in [3.63, 3.8) is 0 Å². The summed E-state index contributed by atoms with van der Waals surface area (Å²) in [5.74, 6) is 0.546. The van der Waals surface area contributed by atoms with Crippen LogP contribution in [-0.2, 0) is 4.79 Å². The average molecular weight is 183 g/mol. The van der Waals surface area contributed by atoms with Gasteiger partial charge in [-0.3, -0.25) is 4.79 Å². The van der Waals surface area contributed by atoms with Gasteiger partial charge < -0.3 is 5.32 Å². The van der Waals surface area contributed by atoms with E-state index >= 15 is 0 Å². The van der Waals surface area contributed by atoms with Crippen LogP contribution < -0.4 is 5.32 Å². The van der Waals surface area contributed by atoms with Gasteiger partial charge in [-0.25, -0.2) is 0 Å². The molecule has 0 fully saturated rings. The van der Waals surface area contributed by atoms with E-state index in [-0.39, 0.29) is 6.04 Å². The number of nitrogens with one attached hydrogen (secondary N) is 1. The molecule has 0 saturated heterocycles. The lowest BCUT2D eigenvalue weighted by atomic mass is 9.96. The van der Waals surface area contributed by atoms with E-state index in [1.54, 1.807) is 0 Å². The maximum atomic E-state index is 10.2.